The molecule has 0 amide bonds. The smallest absolute Gasteiger partial charge is 0.150 e. The van der Waals surface area contributed by atoms with E-state index in [1.165, 1.54) is 0 Å². The Labute approximate surface area is 127 Å². The Morgan fingerprint density at radius 1 is 1.53 bits per heavy atom. The Kier molecular flexibility index (Phi) is 4.93. The molecule has 0 aromatic heterocycles. The molecule has 2 atom stereocenters. The molecule has 1 saturated heterocycles. The summed E-state index contributed by atoms with van der Waals surface area (Å²) in [6.45, 7) is 2.80. The van der Waals surface area contributed by atoms with Crippen LogP contribution in [0.25, 0.3) is 0 Å². The molecule has 1 heterocycles. The molecule has 6 heteroatoms. The third-order valence-corrected chi connectivity index (χ3v) is 6.07. The standard InChI is InChI=1S/C13H17BrClNO2S/c1-2-16-13(9-5-6-19(17,18)8-9)11-4-3-10(14)7-12(11)15/h3-4,7,9,13,16H,2,5-6,8H2,1H3. The monoisotopic (exact) mass is 365 g/mol. The lowest BCUT2D eigenvalue weighted by atomic mass is 9.92. The van der Waals surface area contributed by atoms with Gasteiger partial charge in [0.2, 0.25) is 0 Å². The van der Waals surface area contributed by atoms with Crippen molar-refractivity contribution in [1.29, 1.82) is 0 Å². The average Bonchev–Trinajstić information content (AvgIpc) is 2.67. The van der Waals surface area contributed by atoms with E-state index in [0.717, 1.165) is 16.6 Å². The van der Waals surface area contributed by atoms with Crippen molar-refractivity contribution in [1.82, 2.24) is 5.32 Å². The number of halogens is 2. The normalized spacial score (nSPS) is 23.4. The van der Waals surface area contributed by atoms with Crippen LogP contribution in [-0.2, 0) is 9.84 Å². The highest BCUT2D eigenvalue weighted by Crippen LogP contribution is 2.35. The number of benzene rings is 1. The summed E-state index contributed by atoms with van der Waals surface area (Å²) in [6, 6.07) is 5.76. The molecule has 0 radical (unpaired) electrons. The van der Waals surface area contributed by atoms with E-state index in [4.69, 9.17) is 11.6 Å². The van der Waals surface area contributed by atoms with Crippen molar-refractivity contribution in [3.05, 3.63) is 33.3 Å². The number of hydrogen-bond acceptors (Lipinski definition) is 3. The van der Waals surface area contributed by atoms with Gasteiger partial charge >= 0.3 is 0 Å². The fourth-order valence-electron chi connectivity index (χ4n) is 2.59. The summed E-state index contributed by atoms with van der Waals surface area (Å²) in [5, 5.41) is 4.05. The quantitative estimate of drug-likeness (QED) is 0.890. The van der Waals surface area contributed by atoms with E-state index in [0.29, 0.717) is 11.4 Å². The SMILES string of the molecule is CCNC(c1ccc(Br)cc1Cl)C1CCS(=O)(=O)C1. The van der Waals surface area contributed by atoms with Crippen molar-refractivity contribution >= 4 is 37.4 Å². The minimum absolute atomic E-state index is 0.00266. The van der Waals surface area contributed by atoms with Gasteiger partial charge in [-0.05, 0) is 36.6 Å². The number of nitrogens with one attached hydrogen (secondary N) is 1. The molecule has 2 unspecified atom stereocenters. The van der Waals surface area contributed by atoms with Crippen LogP contribution in [0.1, 0.15) is 24.9 Å². The molecule has 0 saturated carbocycles. The van der Waals surface area contributed by atoms with Crippen LogP contribution in [0.5, 0.6) is 0 Å². The average molecular weight is 367 g/mol. The van der Waals surface area contributed by atoms with E-state index in [1.54, 1.807) is 0 Å². The molecule has 1 N–H and O–H groups in total. The first-order chi connectivity index (χ1) is 8.93. The third-order valence-electron chi connectivity index (χ3n) is 3.46. The molecule has 1 fully saturated rings. The number of hydrogen-bond donors (Lipinski definition) is 1. The largest absolute Gasteiger partial charge is 0.310 e. The fourth-order valence-corrected chi connectivity index (χ4v) is 5.22. The summed E-state index contributed by atoms with van der Waals surface area (Å²) < 4.78 is 24.2. The van der Waals surface area contributed by atoms with Crippen molar-refractivity contribution in [2.45, 2.75) is 19.4 Å². The lowest BCUT2D eigenvalue weighted by molar-refractivity contribution is 0.400. The van der Waals surface area contributed by atoms with E-state index >= 15 is 0 Å². The van der Waals surface area contributed by atoms with Crippen LogP contribution in [-0.4, -0.2) is 26.5 Å². The van der Waals surface area contributed by atoms with Crippen LogP contribution in [0.2, 0.25) is 5.02 Å². The number of sulfone groups is 1. The second-order valence-electron chi connectivity index (χ2n) is 4.86. The highest BCUT2D eigenvalue weighted by molar-refractivity contribution is 9.10. The molecular formula is C13H17BrClNO2S. The van der Waals surface area contributed by atoms with Gasteiger partial charge in [0.25, 0.3) is 0 Å². The van der Waals surface area contributed by atoms with Gasteiger partial charge in [-0.3, -0.25) is 0 Å². The van der Waals surface area contributed by atoms with Gasteiger partial charge in [0.1, 0.15) is 0 Å². The van der Waals surface area contributed by atoms with Crippen molar-refractivity contribution in [2.75, 3.05) is 18.1 Å². The van der Waals surface area contributed by atoms with Gasteiger partial charge in [-0.2, -0.15) is 0 Å². The van der Waals surface area contributed by atoms with Gasteiger partial charge in [-0.15, -0.1) is 0 Å². The summed E-state index contributed by atoms with van der Waals surface area (Å²) in [5.41, 5.74) is 0.980. The maximum atomic E-state index is 11.7. The summed E-state index contributed by atoms with van der Waals surface area (Å²) in [6.07, 6.45) is 0.701. The Morgan fingerprint density at radius 3 is 2.79 bits per heavy atom. The molecule has 1 aromatic rings. The molecule has 106 valence electrons. The zero-order chi connectivity index (χ0) is 14.0. The maximum absolute atomic E-state index is 11.7. The second kappa shape index (κ2) is 6.12. The first-order valence-electron chi connectivity index (χ1n) is 6.31. The molecule has 1 aliphatic heterocycles. The van der Waals surface area contributed by atoms with E-state index in [9.17, 15) is 8.42 Å². The van der Waals surface area contributed by atoms with Crippen LogP contribution >= 0.6 is 27.5 Å². The van der Waals surface area contributed by atoms with Crippen LogP contribution in [0.3, 0.4) is 0 Å². The predicted octanol–water partition coefficient (Wildman–Crippen LogP) is 3.19. The van der Waals surface area contributed by atoms with E-state index in [2.05, 4.69) is 21.2 Å². The fraction of sp³-hybridized carbons (Fsp3) is 0.538. The van der Waals surface area contributed by atoms with Gasteiger partial charge in [-0.25, -0.2) is 8.42 Å². The Balaban J connectivity index is 2.30. The molecule has 1 aliphatic rings. The maximum Gasteiger partial charge on any atom is 0.150 e. The van der Waals surface area contributed by atoms with Crippen LogP contribution in [0.4, 0.5) is 0 Å². The van der Waals surface area contributed by atoms with Crippen molar-refractivity contribution in [3.8, 4) is 0 Å². The minimum Gasteiger partial charge on any atom is -0.310 e. The molecule has 19 heavy (non-hydrogen) atoms. The molecular weight excluding hydrogens is 350 g/mol. The second-order valence-corrected chi connectivity index (χ2v) is 8.42. The molecule has 1 aromatic carbocycles. The molecule has 0 aliphatic carbocycles. The zero-order valence-corrected chi connectivity index (χ0v) is 13.9. The van der Waals surface area contributed by atoms with Gasteiger partial charge in [-0.1, -0.05) is 40.5 Å². The van der Waals surface area contributed by atoms with Crippen LogP contribution < -0.4 is 5.32 Å². The summed E-state index contributed by atoms with van der Waals surface area (Å²) in [4.78, 5) is 0. The minimum atomic E-state index is -2.88. The Morgan fingerprint density at radius 2 is 2.26 bits per heavy atom. The van der Waals surface area contributed by atoms with E-state index < -0.39 is 9.84 Å². The third kappa shape index (κ3) is 3.72. The van der Waals surface area contributed by atoms with Crippen LogP contribution in [0, 0.1) is 5.92 Å². The Bertz CT molecular complexity index is 562. The first-order valence-corrected chi connectivity index (χ1v) is 9.31. The van der Waals surface area contributed by atoms with Gasteiger partial charge in [0.05, 0.1) is 11.5 Å². The molecule has 0 spiro atoms. The summed E-state index contributed by atoms with van der Waals surface area (Å²) in [7, 11) is -2.88. The predicted molar refractivity (Wildman–Crippen MR) is 82.3 cm³/mol. The van der Waals surface area contributed by atoms with E-state index in [-0.39, 0.29) is 23.5 Å². The first kappa shape index (κ1) is 15.3. The summed E-state index contributed by atoms with van der Waals surface area (Å²) >= 11 is 9.68. The number of rotatable bonds is 4. The lowest BCUT2D eigenvalue weighted by Crippen LogP contribution is -2.29. The zero-order valence-electron chi connectivity index (χ0n) is 10.7. The van der Waals surface area contributed by atoms with E-state index in [1.807, 2.05) is 25.1 Å². The van der Waals surface area contributed by atoms with Crippen LogP contribution in [0.15, 0.2) is 22.7 Å². The highest BCUT2D eigenvalue weighted by atomic mass is 79.9. The topological polar surface area (TPSA) is 46.2 Å². The molecule has 3 nitrogen and oxygen atoms in total. The molecule has 0 bridgehead atoms. The Hall–Kier alpha value is -0.100. The van der Waals surface area contributed by atoms with Crippen molar-refractivity contribution < 1.29 is 8.42 Å². The van der Waals surface area contributed by atoms with Gasteiger partial charge in [0, 0.05) is 15.5 Å². The lowest BCUT2D eigenvalue weighted by Gasteiger charge is -2.25. The highest BCUT2D eigenvalue weighted by Gasteiger charge is 2.34. The summed E-state index contributed by atoms with van der Waals surface area (Å²) in [5.74, 6) is 0.633. The van der Waals surface area contributed by atoms with Crippen molar-refractivity contribution in [2.24, 2.45) is 5.92 Å². The van der Waals surface area contributed by atoms with Gasteiger partial charge in [0.15, 0.2) is 9.84 Å². The van der Waals surface area contributed by atoms with Crippen molar-refractivity contribution in [3.63, 3.8) is 0 Å². The van der Waals surface area contributed by atoms with Gasteiger partial charge < -0.3 is 5.32 Å². The molecule has 2 rings (SSSR count).